The van der Waals surface area contributed by atoms with E-state index in [0.717, 1.165) is 28.6 Å². The Kier molecular flexibility index (Phi) is 3.48. The van der Waals surface area contributed by atoms with E-state index in [-0.39, 0.29) is 0 Å². The van der Waals surface area contributed by atoms with Crippen LogP contribution in [0.1, 0.15) is 23.9 Å². The number of hydrogen-bond acceptors (Lipinski definition) is 3. The third-order valence-electron chi connectivity index (χ3n) is 3.62. The van der Waals surface area contributed by atoms with Gasteiger partial charge in [0.1, 0.15) is 5.82 Å². The van der Waals surface area contributed by atoms with Crippen molar-refractivity contribution in [2.24, 2.45) is 7.05 Å². The van der Waals surface area contributed by atoms with Crippen molar-refractivity contribution in [3.63, 3.8) is 0 Å². The summed E-state index contributed by atoms with van der Waals surface area (Å²) in [5.74, 6) is 0.984. The van der Waals surface area contributed by atoms with Gasteiger partial charge in [-0.3, -0.25) is 4.98 Å². The van der Waals surface area contributed by atoms with Gasteiger partial charge in [-0.05, 0) is 11.8 Å². The van der Waals surface area contributed by atoms with Gasteiger partial charge in [-0.25, -0.2) is 4.98 Å². The third kappa shape index (κ3) is 2.42. The maximum absolute atomic E-state index is 10.4. The summed E-state index contributed by atoms with van der Waals surface area (Å²) in [5, 5.41) is 12.6. The van der Waals surface area contributed by atoms with E-state index in [0.29, 0.717) is 6.42 Å². The van der Waals surface area contributed by atoms with Crippen LogP contribution >= 0.6 is 0 Å². The van der Waals surface area contributed by atoms with Crippen LogP contribution in [0.3, 0.4) is 0 Å². The lowest BCUT2D eigenvalue weighted by Gasteiger charge is -2.13. The monoisotopic (exact) mass is 267 g/mol. The number of nitrogens with zero attached hydrogens (tertiary/aromatic N) is 3. The number of hydrogen-bond donors (Lipinski definition) is 1. The lowest BCUT2D eigenvalue weighted by atomic mass is 10.0. The Hall–Kier alpha value is -2.20. The van der Waals surface area contributed by atoms with E-state index in [2.05, 4.69) is 9.97 Å². The van der Waals surface area contributed by atoms with Gasteiger partial charge in [-0.2, -0.15) is 0 Å². The SMILES string of the molecule is Cn1ccnc1CCC(O)c1cncc2ccccc12. The second-order valence-corrected chi connectivity index (χ2v) is 4.96. The Bertz CT molecular complexity index is 715. The first kappa shape index (κ1) is 12.8. The molecule has 4 heteroatoms. The Balaban J connectivity index is 1.82. The van der Waals surface area contributed by atoms with Crippen molar-refractivity contribution < 1.29 is 5.11 Å². The van der Waals surface area contributed by atoms with Gasteiger partial charge in [0.15, 0.2) is 0 Å². The van der Waals surface area contributed by atoms with Crippen molar-refractivity contribution >= 4 is 10.8 Å². The highest BCUT2D eigenvalue weighted by Gasteiger charge is 2.12. The highest BCUT2D eigenvalue weighted by molar-refractivity contribution is 5.84. The van der Waals surface area contributed by atoms with Crippen molar-refractivity contribution in [1.29, 1.82) is 0 Å². The fourth-order valence-electron chi connectivity index (χ4n) is 2.46. The van der Waals surface area contributed by atoms with Crippen molar-refractivity contribution in [3.8, 4) is 0 Å². The molecule has 0 saturated carbocycles. The van der Waals surface area contributed by atoms with Crippen LogP contribution < -0.4 is 0 Å². The molecule has 2 aromatic heterocycles. The number of aliphatic hydroxyl groups is 1. The molecule has 102 valence electrons. The zero-order valence-electron chi connectivity index (χ0n) is 11.4. The molecule has 0 aliphatic rings. The van der Waals surface area contributed by atoms with E-state index >= 15 is 0 Å². The first-order valence-electron chi connectivity index (χ1n) is 6.72. The van der Waals surface area contributed by atoms with Crippen LogP contribution in [0.15, 0.2) is 49.1 Å². The minimum absolute atomic E-state index is 0.523. The molecule has 1 aromatic carbocycles. The molecule has 4 nitrogen and oxygen atoms in total. The number of pyridine rings is 1. The Labute approximate surface area is 117 Å². The van der Waals surface area contributed by atoms with Gasteiger partial charge < -0.3 is 9.67 Å². The second-order valence-electron chi connectivity index (χ2n) is 4.96. The van der Waals surface area contributed by atoms with Gasteiger partial charge in [0.2, 0.25) is 0 Å². The summed E-state index contributed by atoms with van der Waals surface area (Å²) in [6.45, 7) is 0. The summed E-state index contributed by atoms with van der Waals surface area (Å²) in [5.41, 5.74) is 0.886. The van der Waals surface area contributed by atoms with Crippen LogP contribution in [0, 0.1) is 0 Å². The predicted molar refractivity (Wildman–Crippen MR) is 78.2 cm³/mol. The zero-order chi connectivity index (χ0) is 13.9. The molecule has 0 spiro atoms. The molecule has 1 atom stereocenters. The Morgan fingerprint density at radius 2 is 2.10 bits per heavy atom. The number of rotatable bonds is 4. The molecule has 1 unspecified atom stereocenters. The lowest BCUT2D eigenvalue weighted by Crippen LogP contribution is -2.04. The van der Waals surface area contributed by atoms with Crippen molar-refractivity contribution in [2.75, 3.05) is 0 Å². The van der Waals surface area contributed by atoms with Gasteiger partial charge in [0, 0.05) is 49.2 Å². The van der Waals surface area contributed by atoms with Gasteiger partial charge >= 0.3 is 0 Å². The maximum atomic E-state index is 10.4. The van der Waals surface area contributed by atoms with E-state index in [1.54, 1.807) is 12.4 Å². The Morgan fingerprint density at radius 1 is 1.25 bits per heavy atom. The molecule has 2 heterocycles. The number of aromatic nitrogens is 3. The van der Waals surface area contributed by atoms with Crippen molar-refractivity contribution in [1.82, 2.24) is 14.5 Å². The van der Waals surface area contributed by atoms with E-state index in [1.165, 1.54) is 0 Å². The number of benzene rings is 1. The molecule has 3 rings (SSSR count). The summed E-state index contributed by atoms with van der Waals surface area (Å²) in [7, 11) is 1.97. The number of imidazole rings is 1. The van der Waals surface area contributed by atoms with E-state index in [4.69, 9.17) is 0 Å². The highest BCUT2D eigenvalue weighted by atomic mass is 16.3. The fourth-order valence-corrected chi connectivity index (χ4v) is 2.46. The smallest absolute Gasteiger partial charge is 0.108 e. The van der Waals surface area contributed by atoms with Gasteiger partial charge in [0.25, 0.3) is 0 Å². The average Bonchev–Trinajstić information content (AvgIpc) is 2.89. The first-order valence-corrected chi connectivity index (χ1v) is 6.72. The van der Waals surface area contributed by atoms with Crippen molar-refractivity contribution in [2.45, 2.75) is 18.9 Å². The molecule has 0 radical (unpaired) electrons. The summed E-state index contributed by atoms with van der Waals surface area (Å²) in [4.78, 5) is 8.50. The summed E-state index contributed by atoms with van der Waals surface area (Å²) in [6, 6.07) is 8.00. The first-order chi connectivity index (χ1) is 9.75. The summed E-state index contributed by atoms with van der Waals surface area (Å²) >= 11 is 0. The average molecular weight is 267 g/mol. The van der Waals surface area contributed by atoms with E-state index in [9.17, 15) is 5.11 Å². The summed E-state index contributed by atoms with van der Waals surface area (Å²) < 4.78 is 1.98. The molecule has 0 fully saturated rings. The molecule has 0 amide bonds. The molecule has 3 aromatic rings. The molecule has 0 bridgehead atoms. The van der Waals surface area contributed by atoms with Crippen molar-refractivity contribution in [3.05, 3.63) is 60.4 Å². The fraction of sp³-hybridized carbons (Fsp3) is 0.250. The molecule has 0 saturated heterocycles. The molecule has 20 heavy (non-hydrogen) atoms. The zero-order valence-corrected chi connectivity index (χ0v) is 11.4. The van der Waals surface area contributed by atoms with Gasteiger partial charge in [-0.15, -0.1) is 0 Å². The lowest BCUT2D eigenvalue weighted by molar-refractivity contribution is 0.168. The quantitative estimate of drug-likeness (QED) is 0.790. The van der Waals surface area contributed by atoms with Crippen LogP contribution in [0.25, 0.3) is 10.8 Å². The minimum Gasteiger partial charge on any atom is -0.388 e. The topological polar surface area (TPSA) is 50.9 Å². The van der Waals surface area contributed by atoms with Crippen LogP contribution in [0.2, 0.25) is 0 Å². The van der Waals surface area contributed by atoms with Crippen LogP contribution in [-0.2, 0) is 13.5 Å². The largest absolute Gasteiger partial charge is 0.388 e. The second kappa shape index (κ2) is 5.43. The van der Waals surface area contributed by atoms with Crippen LogP contribution in [0.4, 0.5) is 0 Å². The third-order valence-corrected chi connectivity index (χ3v) is 3.62. The highest BCUT2D eigenvalue weighted by Crippen LogP contribution is 2.25. The van der Waals surface area contributed by atoms with Crippen LogP contribution in [0.5, 0.6) is 0 Å². The van der Waals surface area contributed by atoms with Crippen LogP contribution in [-0.4, -0.2) is 19.6 Å². The number of aliphatic hydroxyl groups excluding tert-OH is 1. The maximum Gasteiger partial charge on any atom is 0.108 e. The minimum atomic E-state index is -0.523. The molecule has 0 aliphatic carbocycles. The predicted octanol–water partition coefficient (Wildman–Crippen LogP) is 2.63. The van der Waals surface area contributed by atoms with Gasteiger partial charge in [0.05, 0.1) is 6.10 Å². The number of fused-ring (bicyclic) bond motifs is 1. The summed E-state index contributed by atoms with van der Waals surface area (Å²) in [6.07, 6.45) is 8.14. The molecule has 1 N–H and O–H groups in total. The molecular weight excluding hydrogens is 250 g/mol. The van der Waals surface area contributed by atoms with Gasteiger partial charge in [-0.1, -0.05) is 24.3 Å². The van der Waals surface area contributed by atoms with E-state index in [1.807, 2.05) is 48.3 Å². The molecule has 0 aliphatic heterocycles. The Morgan fingerprint density at radius 3 is 2.90 bits per heavy atom. The number of aryl methyl sites for hydroxylation is 2. The normalized spacial score (nSPS) is 12.7. The standard InChI is InChI=1S/C16H17N3O/c1-19-9-8-18-16(19)7-6-15(20)14-11-17-10-12-4-2-3-5-13(12)14/h2-5,8-11,15,20H,6-7H2,1H3. The van der Waals surface area contributed by atoms with E-state index < -0.39 is 6.10 Å². The molecular formula is C16H17N3O.